The molecular weight excluding hydrogens is 395 g/mol. The van der Waals surface area contributed by atoms with Gasteiger partial charge in [-0.3, -0.25) is 9.67 Å². The van der Waals surface area contributed by atoms with E-state index in [1.54, 1.807) is 23.2 Å². The Bertz CT molecular complexity index is 1050. The first-order chi connectivity index (χ1) is 14.8. The lowest BCUT2D eigenvalue weighted by Crippen LogP contribution is -2.42. The van der Waals surface area contributed by atoms with Crippen LogP contribution in [0, 0.1) is 5.82 Å². The molecule has 1 amide bonds. The summed E-state index contributed by atoms with van der Waals surface area (Å²) in [5.41, 5.74) is 2.97. The molecule has 0 spiro atoms. The maximum absolute atomic E-state index is 13.2. The predicted octanol–water partition coefficient (Wildman–Crippen LogP) is 5.32. The molecule has 3 aromatic rings. The van der Waals surface area contributed by atoms with Crippen molar-refractivity contribution in [1.82, 2.24) is 19.7 Å². The summed E-state index contributed by atoms with van der Waals surface area (Å²) in [6.45, 7) is 6.94. The van der Waals surface area contributed by atoms with Crippen LogP contribution in [0.1, 0.15) is 39.7 Å². The van der Waals surface area contributed by atoms with Crippen molar-refractivity contribution < 1.29 is 13.9 Å². The van der Waals surface area contributed by atoms with E-state index in [9.17, 15) is 9.18 Å². The molecule has 0 bridgehead atoms. The number of rotatable bonds is 3. The number of amides is 1. The average molecular weight is 423 g/mol. The Balaban J connectivity index is 1.43. The molecule has 1 aromatic carbocycles. The number of nitrogens with zero attached hydrogens (tertiary/aromatic N) is 4. The van der Waals surface area contributed by atoms with E-state index in [1.165, 1.54) is 12.1 Å². The van der Waals surface area contributed by atoms with Gasteiger partial charge in [-0.1, -0.05) is 0 Å². The lowest BCUT2D eigenvalue weighted by Gasteiger charge is -2.33. The van der Waals surface area contributed by atoms with Crippen molar-refractivity contribution in [3.05, 3.63) is 60.7 Å². The Morgan fingerprint density at radius 1 is 1.03 bits per heavy atom. The molecule has 0 aliphatic carbocycles. The smallest absolute Gasteiger partial charge is 0.410 e. The monoisotopic (exact) mass is 422 g/mol. The van der Waals surface area contributed by atoms with Crippen LogP contribution in [-0.4, -0.2) is 44.4 Å². The third-order valence-corrected chi connectivity index (χ3v) is 5.29. The fourth-order valence-electron chi connectivity index (χ4n) is 3.70. The van der Waals surface area contributed by atoms with Gasteiger partial charge >= 0.3 is 6.09 Å². The number of carbonyl (C=O) groups is 1. The van der Waals surface area contributed by atoms with Crippen molar-refractivity contribution in [2.45, 2.75) is 45.3 Å². The van der Waals surface area contributed by atoms with Crippen LogP contribution < -0.4 is 0 Å². The van der Waals surface area contributed by atoms with Crippen molar-refractivity contribution in [3.8, 4) is 22.5 Å². The van der Waals surface area contributed by atoms with E-state index in [2.05, 4.69) is 4.98 Å². The molecule has 0 unspecified atom stereocenters. The number of benzene rings is 1. The second-order valence-electron chi connectivity index (χ2n) is 8.82. The number of ether oxygens (including phenoxy) is 1. The second kappa shape index (κ2) is 8.49. The Morgan fingerprint density at radius 2 is 1.74 bits per heavy atom. The van der Waals surface area contributed by atoms with E-state index in [4.69, 9.17) is 9.84 Å². The van der Waals surface area contributed by atoms with Crippen LogP contribution in [0.15, 0.2) is 54.9 Å². The molecular formula is C24H27FN4O2. The van der Waals surface area contributed by atoms with Crippen LogP contribution >= 0.6 is 0 Å². The van der Waals surface area contributed by atoms with Gasteiger partial charge in [0.15, 0.2) is 0 Å². The molecule has 3 heterocycles. The van der Waals surface area contributed by atoms with Crippen LogP contribution in [-0.2, 0) is 4.74 Å². The zero-order chi connectivity index (χ0) is 22.0. The van der Waals surface area contributed by atoms with E-state index in [0.717, 1.165) is 35.4 Å². The summed E-state index contributed by atoms with van der Waals surface area (Å²) in [7, 11) is 0. The van der Waals surface area contributed by atoms with Crippen LogP contribution in [0.4, 0.5) is 9.18 Å². The number of hydrogen-bond acceptors (Lipinski definition) is 4. The van der Waals surface area contributed by atoms with Crippen molar-refractivity contribution >= 4 is 6.09 Å². The topological polar surface area (TPSA) is 60.2 Å². The van der Waals surface area contributed by atoms with Crippen LogP contribution in [0.2, 0.25) is 0 Å². The minimum Gasteiger partial charge on any atom is -0.444 e. The maximum atomic E-state index is 13.2. The first-order valence-electron chi connectivity index (χ1n) is 10.5. The molecule has 162 valence electrons. The molecule has 1 fully saturated rings. The summed E-state index contributed by atoms with van der Waals surface area (Å²) in [6, 6.07) is 12.4. The minimum absolute atomic E-state index is 0.242. The first-order valence-corrected chi connectivity index (χ1v) is 10.5. The molecule has 0 atom stereocenters. The number of piperidine rings is 1. The number of pyridine rings is 1. The Hall–Kier alpha value is -3.22. The summed E-state index contributed by atoms with van der Waals surface area (Å²) in [5, 5.41) is 4.78. The van der Waals surface area contributed by atoms with Gasteiger partial charge < -0.3 is 9.64 Å². The number of carbonyl (C=O) groups excluding carboxylic acids is 1. The molecule has 7 heteroatoms. The maximum Gasteiger partial charge on any atom is 0.410 e. The van der Waals surface area contributed by atoms with Crippen molar-refractivity contribution in [2.75, 3.05) is 13.1 Å². The first kappa shape index (κ1) is 21.0. The highest BCUT2D eigenvalue weighted by Crippen LogP contribution is 2.27. The molecule has 0 radical (unpaired) electrons. The highest BCUT2D eigenvalue weighted by molar-refractivity contribution is 5.68. The molecule has 31 heavy (non-hydrogen) atoms. The SMILES string of the molecule is CC(C)(C)OC(=O)N1CCC(n2ccc(-c3ccnc(-c4ccc(F)cc4)c3)n2)CC1. The number of aromatic nitrogens is 3. The fourth-order valence-corrected chi connectivity index (χ4v) is 3.70. The normalized spacial score (nSPS) is 15.2. The summed E-state index contributed by atoms with van der Waals surface area (Å²) in [6.07, 6.45) is 5.14. The number of likely N-dealkylation sites (tertiary alicyclic amines) is 1. The number of halogens is 1. The molecule has 1 saturated heterocycles. The van der Waals surface area contributed by atoms with Gasteiger partial charge in [0, 0.05) is 36.6 Å². The van der Waals surface area contributed by atoms with Gasteiger partial charge in [0.05, 0.1) is 17.4 Å². The summed E-state index contributed by atoms with van der Waals surface area (Å²) in [5.74, 6) is -0.267. The highest BCUT2D eigenvalue weighted by atomic mass is 19.1. The lowest BCUT2D eigenvalue weighted by atomic mass is 10.1. The molecule has 1 aliphatic heterocycles. The standard InChI is InChI=1S/C24H27FN4O2/c1-24(2,3)31-23(30)28-13-9-20(10-14-28)29-15-11-21(27-29)18-8-12-26-22(16-18)17-4-6-19(25)7-5-17/h4-8,11-12,15-16,20H,9-10,13-14H2,1-3H3. The summed E-state index contributed by atoms with van der Waals surface area (Å²) >= 11 is 0. The second-order valence-corrected chi connectivity index (χ2v) is 8.82. The molecule has 6 nitrogen and oxygen atoms in total. The lowest BCUT2D eigenvalue weighted by molar-refractivity contribution is 0.0185. The van der Waals surface area contributed by atoms with E-state index in [0.29, 0.717) is 13.1 Å². The van der Waals surface area contributed by atoms with Crippen LogP contribution in [0.3, 0.4) is 0 Å². The van der Waals surface area contributed by atoms with Gasteiger partial charge in [0.1, 0.15) is 11.4 Å². The quantitative estimate of drug-likeness (QED) is 0.573. The average Bonchev–Trinajstić information content (AvgIpc) is 3.24. The Morgan fingerprint density at radius 3 is 2.42 bits per heavy atom. The minimum atomic E-state index is -0.484. The summed E-state index contributed by atoms with van der Waals surface area (Å²) in [4.78, 5) is 18.4. The van der Waals surface area contributed by atoms with Crippen molar-refractivity contribution in [2.24, 2.45) is 0 Å². The van der Waals surface area contributed by atoms with Gasteiger partial charge in [-0.2, -0.15) is 5.10 Å². The Labute approximate surface area is 181 Å². The zero-order valence-corrected chi connectivity index (χ0v) is 18.1. The van der Waals surface area contributed by atoms with Gasteiger partial charge in [0.2, 0.25) is 0 Å². The highest BCUT2D eigenvalue weighted by Gasteiger charge is 2.27. The van der Waals surface area contributed by atoms with Crippen molar-refractivity contribution in [1.29, 1.82) is 0 Å². The van der Waals surface area contributed by atoms with E-state index >= 15 is 0 Å². The molecule has 0 saturated carbocycles. The van der Waals surface area contributed by atoms with Gasteiger partial charge in [-0.15, -0.1) is 0 Å². The molecule has 1 aliphatic rings. The number of hydrogen-bond donors (Lipinski definition) is 0. The predicted molar refractivity (Wildman–Crippen MR) is 117 cm³/mol. The third-order valence-electron chi connectivity index (χ3n) is 5.29. The van der Waals surface area contributed by atoms with Crippen LogP contribution in [0.5, 0.6) is 0 Å². The van der Waals surface area contributed by atoms with Gasteiger partial charge in [0.25, 0.3) is 0 Å². The zero-order valence-electron chi connectivity index (χ0n) is 18.1. The molecule has 0 N–H and O–H groups in total. The molecule has 2 aromatic heterocycles. The van der Waals surface area contributed by atoms with Gasteiger partial charge in [-0.25, -0.2) is 9.18 Å². The third kappa shape index (κ3) is 5.10. The van der Waals surface area contributed by atoms with Crippen molar-refractivity contribution in [3.63, 3.8) is 0 Å². The van der Waals surface area contributed by atoms with Crippen LogP contribution in [0.25, 0.3) is 22.5 Å². The fraction of sp³-hybridized carbons (Fsp3) is 0.375. The van der Waals surface area contributed by atoms with E-state index < -0.39 is 5.60 Å². The Kier molecular flexibility index (Phi) is 5.76. The van der Waals surface area contributed by atoms with E-state index in [-0.39, 0.29) is 18.0 Å². The largest absolute Gasteiger partial charge is 0.444 e. The summed E-state index contributed by atoms with van der Waals surface area (Å²) < 4.78 is 20.7. The van der Waals surface area contributed by atoms with Gasteiger partial charge in [-0.05, 0) is 76.1 Å². The van der Waals surface area contributed by atoms with E-state index in [1.807, 2.05) is 49.8 Å². The molecule has 4 rings (SSSR count).